The van der Waals surface area contributed by atoms with E-state index in [9.17, 15) is 17.8 Å². The molecule has 0 aliphatic heterocycles. The summed E-state index contributed by atoms with van der Waals surface area (Å²) < 4.78 is 35.6. The van der Waals surface area contributed by atoms with Gasteiger partial charge in [-0.1, -0.05) is 47.5 Å². The van der Waals surface area contributed by atoms with Crippen molar-refractivity contribution in [2.45, 2.75) is 73.6 Å². The fourth-order valence-corrected chi connectivity index (χ4v) is 2.07. The zero-order valence-electron chi connectivity index (χ0n) is 16.0. The monoisotopic (exact) mass is 376 g/mol. The predicted molar refractivity (Wildman–Crippen MR) is 88.6 cm³/mol. The van der Waals surface area contributed by atoms with Gasteiger partial charge in [0.05, 0.1) is 22.6 Å². The van der Waals surface area contributed by atoms with Crippen LogP contribution in [0.3, 0.4) is 0 Å². The SMILES string of the molecule is CCC(C)(C)CCCCS(=O)(=O)[O-].CCOC(=O)C(C)CC.[K+]. The number of esters is 1. The van der Waals surface area contributed by atoms with Crippen molar-refractivity contribution in [3.63, 3.8) is 0 Å². The molecule has 0 fully saturated rings. The molecule has 0 N–H and O–H groups in total. The maximum Gasteiger partial charge on any atom is 1.00 e. The van der Waals surface area contributed by atoms with E-state index >= 15 is 0 Å². The number of carbonyl (C=O) groups is 1. The Kier molecular flexibility index (Phi) is 19.1. The van der Waals surface area contributed by atoms with E-state index in [-0.39, 0.29) is 74.4 Å². The van der Waals surface area contributed by atoms with Crippen LogP contribution in [-0.2, 0) is 19.6 Å². The van der Waals surface area contributed by atoms with E-state index in [2.05, 4.69) is 20.8 Å². The summed E-state index contributed by atoms with van der Waals surface area (Å²) in [7, 11) is -4.00. The summed E-state index contributed by atoms with van der Waals surface area (Å²) in [5, 5.41) is 0. The smallest absolute Gasteiger partial charge is 0.748 e. The maximum absolute atomic E-state index is 10.8. The summed E-state index contributed by atoms with van der Waals surface area (Å²) in [6.45, 7) is 12.6. The first kappa shape index (κ1) is 28.8. The van der Waals surface area contributed by atoms with Crippen molar-refractivity contribution in [3.05, 3.63) is 0 Å². The van der Waals surface area contributed by atoms with E-state index in [1.54, 1.807) is 0 Å². The molecule has 0 saturated carbocycles. The van der Waals surface area contributed by atoms with E-state index in [1.165, 1.54) is 0 Å². The molecule has 0 radical (unpaired) electrons. The third-order valence-corrected chi connectivity index (χ3v) is 4.55. The standard InChI is InChI=1S/C9H20O3S.C7H14O2.K/c1-4-9(2,3)7-5-6-8-13(10,11)12;1-4-6(3)7(8)9-5-2;/h4-8H2,1-3H3,(H,10,11,12);6H,4-5H2,1-3H3;/q;;+1/p-1. The van der Waals surface area contributed by atoms with Gasteiger partial charge >= 0.3 is 57.4 Å². The molecule has 0 aromatic heterocycles. The van der Waals surface area contributed by atoms with Crippen LogP contribution >= 0.6 is 0 Å². The molecule has 5 nitrogen and oxygen atoms in total. The second kappa shape index (κ2) is 15.3. The molecule has 7 heteroatoms. The molecule has 1 unspecified atom stereocenters. The zero-order valence-corrected chi connectivity index (χ0v) is 19.9. The summed E-state index contributed by atoms with van der Waals surface area (Å²) in [6, 6.07) is 0. The normalized spacial score (nSPS) is 12.5. The molecule has 0 aliphatic rings. The summed E-state index contributed by atoms with van der Waals surface area (Å²) in [6.07, 6.45) is 4.24. The van der Waals surface area contributed by atoms with Gasteiger partial charge in [-0.05, 0) is 31.6 Å². The first-order valence-corrected chi connectivity index (χ1v) is 9.67. The van der Waals surface area contributed by atoms with Gasteiger partial charge in [0.2, 0.25) is 0 Å². The van der Waals surface area contributed by atoms with E-state index in [1.807, 2.05) is 20.8 Å². The Labute approximate surface area is 185 Å². The predicted octanol–water partition coefficient (Wildman–Crippen LogP) is 0.738. The van der Waals surface area contributed by atoms with Crippen LogP contribution in [0.5, 0.6) is 0 Å². The van der Waals surface area contributed by atoms with Crippen LogP contribution in [0.4, 0.5) is 0 Å². The van der Waals surface area contributed by atoms with Crippen LogP contribution < -0.4 is 51.4 Å². The van der Waals surface area contributed by atoms with Crippen LogP contribution in [0.15, 0.2) is 0 Å². The third-order valence-electron chi connectivity index (χ3n) is 3.76. The van der Waals surface area contributed by atoms with Gasteiger partial charge in [0, 0.05) is 5.75 Å². The number of rotatable bonds is 9. The molecule has 0 heterocycles. The Morgan fingerprint density at radius 3 is 2.04 bits per heavy atom. The van der Waals surface area contributed by atoms with Gasteiger partial charge in [-0.15, -0.1) is 0 Å². The molecule has 0 aliphatic carbocycles. The minimum Gasteiger partial charge on any atom is -0.748 e. The second-order valence-electron chi connectivity index (χ2n) is 6.30. The third kappa shape index (κ3) is 21.0. The molecule has 0 saturated heterocycles. The number of carbonyl (C=O) groups excluding carboxylic acids is 1. The van der Waals surface area contributed by atoms with Gasteiger partial charge < -0.3 is 9.29 Å². The van der Waals surface area contributed by atoms with Crippen molar-refractivity contribution in [3.8, 4) is 0 Å². The Morgan fingerprint density at radius 2 is 1.70 bits per heavy atom. The van der Waals surface area contributed by atoms with E-state index < -0.39 is 10.1 Å². The molecule has 134 valence electrons. The molecule has 0 bridgehead atoms. The average Bonchev–Trinajstić information content (AvgIpc) is 2.43. The average molecular weight is 377 g/mol. The zero-order chi connectivity index (χ0) is 17.8. The molecule has 23 heavy (non-hydrogen) atoms. The molecule has 0 aromatic rings. The fourth-order valence-electron chi connectivity index (χ4n) is 1.51. The number of hydrogen-bond donors (Lipinski definition) is 0. The Hall–Kier alpha value is 1.02. The molecule has 0 amide bonds. The van der Waals surface area contributed by atoms with E-state index in [0.717, 1.165) is 25.7 Å². The number of ether oxygens (including phenoxy) is 1. The quantitative estimate of drug-likeness (QED) is 0.256. The molecular weight excluding hydrogens is 343 g/mol. The Balaban J connectivity index is -0.000000354. The minimum absolute atomic E-state index is 0. The van der Waals surface area contributed by atoms with Crippen LogP contribution in [-0.4, -0.2) is 31.3 Å². The Morgan fingerprint density at radius 1 is 1.17 bits per heavy atom. The summed E-state index contributed by atoms with van der Waals surface area (Å²) in [5.74, 6) is -0.239. The number of hydrogen-bond acceptors (Lipinski definition) is 5. The van der Waals surface area contributed by atoms with Crippen LogP contribution in [0, 0.1) is 11.3 Å². The largest absolute Gasteiger partial charge is 1.00 e. The molecular formula is C16H33KO5S. The first-order valence-electron chi connectivity index (χ1n) is 8.09. The van der Waals surface area contributed by atoms with E-state index in [0.29, 0.717) is 13.0 Å². The van der Waals surface area contributed by atoms with Gasteiger partial charge in [0.1, 0.15) is 0 Å². The molecule has 0 aromatic carbocycles. The van der Waals surface area contributed by atoms with Crippen molar-refractivity contribution < 1.29 is 73.9 Å². The van der Waals surface area contributed by atoms with Crippen molar-refractivity contribution in [1.82, 2.24) is 0 Å². The topological polar surface area (TPSA) is 83.5 Å². The summed E-state index contributed by atoms with van der Waals surface area (Å²) in [4.78, 5) is 10.8. The Bertz CT molecular complexity index is 393. The van der Waals surface area contributed by atoms with Crippen LogP contribution in [0.1, 0.15) is 73.6 Å². The first-order chi connectivity index (χ1) is 9.99. The molecule has 0 spiro atoms. The van der Waals surface area contributed by atoms with Gasteiger partial charge in [-0.2, -0.15) is 0 Å². The summed E-state index contributed by atoms with van der Waals surface area (Å²) >= 11 is 0. The van der Waals surface area contributed by atoms with Crippen molar-refractivity contribution in [2.24, 2.45) is 11.3 Å². The maximum atomic E-state index is 10.8. The van der Waals surface area contributed by atoms with Crippen molar-refractivity contribution >= 4 is 16.1 Å². The van der Waals surface area contributed by atoms with Crippen molar-refractivity contribution in [1.29, 1.82) is 0 Å². The van der Waals surface area contributed by atoms with E-state index in [4.69, 9.17) is 4.74 Å². The van der Waals surface area contributed by atoms with Crippen LogP contribution in [0.25, 0.3) is 0 Å². The van der Waals surface area contributed by atoms with Gasteiger partial charge in [0.25, 0.3) is 0 Å². The molecule has 1 atom stereocenters. The molecule has 0 rings (SSSR count). The summed E-state index contributed by atoms with van der Waals surface area (Å²) in [5.41, 5.74) is 0.270. The van der Waals surface area contributed by atoms with Crippen LogP contribution in [0.2, 0.25) is 0 Å². The minimum atomic E-state index is -4.00. The second-order valence-corrected chi connectivity index (χ2v) is 7.82. The van der Waals surface area contributed by atoms with Gasteiger partial charge in [-0.25, -0.2) is 8.42 Å². The van der Waals surface area contributed by atoms with Gasteiger partial charge in [0.15, 0.2) is 0 Å². The van der Waals surface area contributed by atoms with Crippen molar-refractivity contribution in [2.75, 3.05) is 12.4 Å². The number of unbranched alkanes of at least 4 members (excludes halogenated alkanes) is 1. The van der Waals surface area contributed by atoms with Gasteiger partial charge in [-0.3, -0.25) is 4.79 Å². The fraction of sp³-hybridized carbons (Fsp3) is 0.938.